The Labute approximate surface area is 156 Å². The van der Waals surface area contributed by atoms with E-state index in [0.29, 0.717) is 29.7 Å². The van der Waals surface area contributed by atoms with Crippen LogP contribution in [-0.4, -0.2) is 22.6 Å². The van der Waals surface area contributed by atoms with Gasteiger partial charge in [0.25, 0.3) is 5.89 Å². The summed E-state index contributed by atoms with van der Waals surface area (Å²) in [4.78, 5) is 18.7. The molecule has 1 aliphatic heterocycles. The monoisotopic (exact) mass is 367 g/mol. The first-order valence-corrected chi connectivity index (χ1v) is 8.85. The second-order valence-electron chi connectivity index (χ2n) is 6.72. The van der Waals surface area contributed by atoms with Crippen LogP contribution < -0.4 is 4.90 Å². The van der Waals surface area contributed by atoms with Crippen molar-refractivity contribution in [3.05, 3.63) is 64.4 Å². The fraction of sp³-hybridized carbons (Fsp3) is 0.250. The van der Waals surface area contributed by atoms with Crippen LogP contribution in [0.3, 0.4) is 0 Å². The SMILES string of the molecule is Cc1cc(C)cc(-c2nc([C@H]3CC(=O)N(c4ccc(Cl)cc4)C3)no2)c1. The minimum atomic E-state index is -0.0819. The highest BCUT2D eigenvalue weighted by Gasteiger charge is 2.34. The molecule has 6 heteroatoms. The van der Waals surface area contributed by atoms with E-state index in [1.54, 1.807) is 17.0 Å². The van der Waals surface area contributed by atoms with Crippen molar-refractivity contribution in [2.75, 3.05) is 11.4 Å². The smallest absolute Gasteiger partial charge is 0.257 e. The molecular weight excluding hydrogens is 350 g/mol. The van der Waals surface area contributed by atoms with E-state index in [1.165, 1.54) is 0 Å². The zero-order valence-corrected chi connectivity index (χ0v) is 15.3. The lowest BCUT2D eigenvalue weighted by atomic mass is 10.1. The third-order valence-electron chi connectivity index (χ3n) is 4.54. The Hall–Kier alpha value is -2.66. The number of rotatable bonds is 3. The van der Waals surface area contributed by atoms with Crippen molar-refractivity contribution >= 4 is 23.2 Å². The third-order valence-corrected chi connectivity index (χ3v) is 4.79. The maximum atomic E-state index is 12.4. The average Bonchev–Trinajstić information content (AvgIpc) is 3.22. The highest BCUT2D eigenvalue weighted by atomic mass is 35.5. The summed E-state index contributed by atoms with van der Waals surface area (Å²) < 4.78 is 5.46. The van der Waals surface area contributed by atoms with E-state index in [9.17, 15) is 4.79 Å². The maximum absolute atomic E-state index is 12.4. The van der Waals surface area contributed by atoms with Gasteiger partial charge in [-0.3, -0.25) is 4.79 Å². The van der Waals surface area contributed by atoms with Crippen molar-refractivity contribution < 1.29 is 9.32 Å². The molecule has 3 aromatic rings. The van der Waals surface area contributed by atoms with E-state index in [0.717, 1.165) is 22.4 Å². The number of benzene rings is 2. The van der Waals surface area contributed by atoms with Gasteiger partial charge < -0.3 is 9.42 Å². The summed E-state index contributed by atoms with van der Waals surface area (Å²) >= 11 is 5.93. The molecule has 1 atom stereocenters. The van der Waals surface area contributed by atoms with Gasteiger partial charge in [-0.15, -0.1) is 0 Å². The molecule has 4 rings (SSSR count). The number of aromatic nitrogens is 2. The minimum Gasteiger partial charge on any atom is -0.334 e. The summed E-state index contributed by atoms with van der Waals surface area (Å²) in [5.41, 5.74) is 4.02. The summed E-state index contributed by atoms with van der Waals surface area (Å²) in [6, 6.07) is 13.4. The lowest BCUT2D eigenvalue weighted by Gasteiger charge is -2.16. The van der Waals surface area contributed by atoms with Gasteiger partial charge in [-0.1, -0.05) is 34.0 Å². The molecule has 5 nitrogen and oxygen atoms in total. The zero-order chi connectivity index (χ0) is 18.3. The second kappa shape index (κ2) is 6.57. The molecule has 2 heterocycles. The van der Waals surface area contributed by atoms with Gasteiger partial charge in [0, 0.05) is 35.2 Å². The van der Waals surface area contributed by atoms with Crippen LogP contribution in [0.1, 0.15) is 29.3 Å². The summed E-state index contributed by atoms with van der Waals surface area (Å²) in [5, 5.41) is 4.77. The normalized spacial score (nSPS) is 17.1. The number of halogens is 1. The first kappa shape index (κ1) is 16.8. The predicted molar refractivity (Wildman–Crippen MR) is 100 cm³/mol. The Balaban J connectivity index is 1.56. The summed E-state index contributed by atoms with van der Waals surface area (Å²) in [7, 11) is 0. The van der Waals surface area contributed by atoms with E-state index in [1.807, 2.05) is 38.1 Å². The van der Waals surface area contributed by atoms with Crippen molar-refractivity contribution in [1.29, 1.82) is 0 Å². The molecule has 1 aliphatic rings. The molecule has 1 saturated heterocycles. The number of hydrogen-bond acceptors (Lipinski definition) is 4. The number of hydrogen-bond donors (Lipinski definition) is 0. The Morgan fingerprint density at radius 1 is 1.12 bits per heavy atom. The standard InChI is InChI=1S/C20H18ClN3O2/c1-12-7-13(2)9-14(8-12)20-22-19(23-26-20)15-10-18(25)24(11-15)17-5-3-16(21)4-6-17/h3-9,15H,10-11H2,1-2H3/t15-/m0/s1. The van der Waals surface area contributed by atoms with Crippen LogP contribution in [0.15, 0.2) is 47.0 Å². The Morgan fingerprint density at radius 3 is 2.50 bits per heavy atom. The van der Waals surface area contributed by atoms with Crippen LogP contribution in [0.2, 0.25) is 5.02 Å². The van der Waals surface area contributed by atoms with Crippen LogP contribution in [0.4, 0.5) is 5.69 Å². The lowest BCUT2D eigenvalue weighted by molar-refractivity contribution is -0.117. The minimum absolute atomic E-state index is 0.0510. The number of anilines is 1. The van der Waals surface area contributed by atoms with E-state index in [4.69, 9.17) is 16.1 Å². The highest BCUT2D eigenvalue weighted by Crippen LogP contribution is 2.32. The number of carbonyl (C=O) groups excluding carboxylic acids is 1. The topological polar surface area (TPSA) is 59.2 Å². The molecule has 0 N–H and O–H groups in total. The molecule has 0 bridgehead atoms. The molecule has 0 spiro atoms. The van der Waals surface area contributed by atoms with Gasteiger partial charge in [-0.05, 0) is 50.2 Å². The Morgan fingerprint density at radius 2 is 1.81 bits per heavy atom. The molecular formula is C20H18ClN3O2. The molecule has 0 saturated carbocycles. The van der Waals surface area contributed by atoms with E-state index in [2.05, 4.69) is 16.2 Å². The van der Waals surface area contributed by atoms with Crippen LogP contribution in [0.25, 0.3) is 11.5 Å². The highest BCUT2D eigenvalue weighted by molar-refractivity contribution is 6.30. The van der Waals surface area contributed by atoms with Crippen molar-refractivity contribution in [3.8, 4) is 11.5 Å². The maximum Gasteiger partial charge on any atom is 0.257 e. The molecule has 1 fully saturated rings. The fourth-order valence-corrected chi connectivity index (χ4v) is 3.49. The summed E-state index contributed by atoms with van der Waals surface area (Å²) in [6.45, 7) is 4.60. The zero-order valence-electron chi connectivity index (χ0n) is 14.6. The number of aryl methyl sites for hydroxylation is 2. The molecule has 2 aromatic carbocycles. The summed E-state index contributed by atoms with van der Waals surface area (Å²) in [6.07, 6.45) is 0.369. The van der Waals surface area contributed by atoms with E-state index >= 15 is 0 Å². The number of amides is 1. The first-order chi connectivity index (χ1) is 12.5. The van der Waals surface area contributed by atoms with Crippen LogP contribution in [-0.2, 0) is 4.79 Å². The van der Waals surface area contributed by atoms with Gasteiger partial charge in [0.15, 0.2) is 5.82 Å². The molecule has 0 radical (unpaired) electrons. The van der Waals surface area contributed by atoms with Crippen molar-refractivity contribution in [2.45, 2.75) is 26.2 Å². The van der Waals surface area contributed by atoms with Gasteiger partial charge >= 0.3 is 0 Å². The van der Waals surface area contributed by atoms with Gasteiger partial charge in [0.1, 0.15) is 0 Å². The Bertz CT molecular complexity index is 945. The molecule has 0 aliphatic carbocycles. The molecule has 1 amide bonds. The van der Waals surface area contributed by atoms with Crippen LogP contribution in [0.5, 0.6) is 0 Å². The van der Waals surface area contributed by atoms with Crippen molar-refractivity contribution in [3.63, 3.8) is 0 Å². The molecule has 132 valence electrons. The third kappa shape index (κ3) is 3.22. The number of carbonyl (C=O) groups is 1. The van der Waals surface area contributed by atoms with E-state index < -0.39 is 0 Å². The van der Waals surface area contributed by atoms with Gasteiger partial charge in [0.2, 0.25) is 5.91 Å². The largest absolute Gasteiger partial charge is 0.334 e. The van der Waals surface area contributed by atoms with Crippen LogP contribution >= 0.6 is 11.6 Å². The van der Waals surface area contributed by atoms with Crippen LogP contribution in [0, 0.1) is 13.8 Å². The van der Waals surface area contributed by atoms with E-state index in [-0.39, 0.29) is 11.8 Å². The van der Waals surface area contributed by atoms with Gasteiger partial charge in [0.05, 0.1) is 0 Å². The van der Waals surface area contributed by atoms with Crippen molar-refractivity contribution in [1.82, 2.24) is 10.1 Å². The first-order valence-electron chi connectivity index (χ1n) is 8.48. The van der Waals surface area contributed by atoms with Crippen molar-refractivity contribution in [2.24, 2.45) is 0 Å². The van der Waals surface area contributed by atoms with Gasteiger partial charge in [-0.2, -0.15) is 4.98 Å². The second-order valence-corrected chi connectivity index (χ2v) is 7.15. The number of nitrogens with zero attached hydrogens (tertiary/aromatic N) is 3. The Kier molecular flexibility index (Phi) is 4.24. The average molecular weight is 368 g/mol. The predicted octanol–water partition coefficient (Wildman–Crippen LogP) is 4.53. The molecule has 0 unspecified atom stereocenters. The molecule has 26 heavy (non-hydrogen) atoms. The fourth-order valence-electron chi connectivity index (χ4n) is 3.37. The molecule has 1 aromatic heterocycles. The van der Waals surface area contributed by atoms with Gasteiger partial charge in [-0.25, -0.2) is 0 Å². The quantitative estimate of drug-likeness (QED) is 0.682. The summed E-state index contributed by atoms with van der Waals surface area (Å²) in [5.74, 6) is 1.03. The lowest BCUT2D eigenvalue weighted by Crippen LogP contribution is -2.24.